The fraction of sp³-hybridized carbons (Fsp3) is 0.929. The van der Waals surface area contributed by atoms with Crippen LogP contribution in [0.1, 0.15) is 47.0 Å². The number of rotatable bonds is 7. The monoisotopic (exact) mass is 258 g/mol. The third-order valence-electron chi connectivity index (χ3n) is 3.23. The van der Waals surface area contributed by atoms with Crippen LogP contribution in [0.4, 0.5) is 0 Å². The van der Waals surface area contributed by atoms with Crippen LogP contribution in [-0.2, 0) is 19.0 Å². The fourth-order valence-corrected chi connectivity index (χ4v) is 2.21. The van der Waals surface area contributed by atoms with Gasteiger partial charge in [0.2, 0.25) is 0 Å². The predicted molar refractivity (Wildman–Crippen MR) is 69.1 cm³/mol. The van der Waals surface area contributed by atoms with Crippen molar-refractivity contribution in [2.75, 3.05) is 13.4 Å². The molecule has 1 heterocycles. The van der Waals surface area contributed by atoms with E-state index in [-0.39, 0.29) is 30.9 Å². The van der Waals surface area contributed by atoms with Crippen LogP contribution in [0.25, 0.3) is 0 Å². The molecule has 1 aliphatic heterocycles. The molecule has 3 atom stereocenters. The third-order valence-corrected chi connectivity index (χ3v) is 3.23. The average Bonchev–Trinajstić information content (AvgIpc) is 2.77. The molecular weight excluding hydrogens is 232 g/mol. The summed E-state index contributed by atoms with van der Waals surface area (Å²) in [5.41, 5.74) is 0. The number of carbonyl (C=O) groups excluding carboxylic acids is 1. The Morgan fingerprint density at radius 2 is 2.06 bits per heavy atom. The molecule has 0 aromatic heterocycles. The Morgan fingerprint density at radius 3 is 2.61 bits per heavy atom. The Balaban J connectivity index is 2.31. The van der Waals surface area contributed by atoms with Crippen LogP contribution < -0.4 is 0 Å². The van der Waals surface area contributed by atoms with Crippen LogP contribution in [0.2, 0.25) is 0 Å². The third kappa shape index (κ3) is 4.58. The standard InChI is InChI=1S/C14H26O4/c1-5-11-7-12(13(6-2)18-11)14(15)17-9-16-8-10(3)4/h10-13H,5-9H2,1-4H3. The topological polar surface area (TPSA) is 44.8 Å². The van der Waals surface area contributed by atoms with Gasteiger partial charge in [-0.05, 0) is 25.2 Å². The Hall–Kier alpha value is -0.610. The summed E-state index contributed by atoms with van der Waals surface area (Å²) in [6.07, 6.45) is 2.78. The molecule has 0 aromatic rings. The van der Waals surface area contributed by atoms with Gasteiger partial charge in [0.05, 0.1) is 24.7 Å². The number of esters is 1. The van der Waals surface area contributed by atoms with E-state index in [4.69, 9.17) is 14.2 Å². The summed E-state index contributed by atoms with van der Waals surface area (Å²) in [4.78, 5) is 11.9. The van der Waals surface area contributed by atoms with Gasteiger partial charge in [-0.15, -0.1) is 0 Å². The average molecular weight is 258 g/mol. The fourth-order valence-electron chi connectivity index (χ4n) is 2.21. The van der Waals surface area contributed by atoms with Crippen molar-refractivity contribution in [1.29, 1.82) is 0 Å². The van der Waals surface area contributed by atoms with Crippen molar-refractivity contribution in [2.45, 2.75) is 59.2 Å². The lowest BCUT2D eigenvalue weighted by Crippen LogP contribution is -2.26. The zero-order chi connectivity index (χ0) is 13.5. The van der Waals surface area contributed by atoms with Crippen molar-refractivity contribution < 1.29 is 19.0 Å². The second kappa shape index (κ2) is 7.74. The number of hydrogen-bond donors (Lipinski definition) is 0. The van der Waals surface area contributed by atoms with Gasteiger partial charge in [0.1, 0.15) is 0 Å². The van der Waals surface area contributed by atoms with E-state index >= 15 is 0 Å². The van der Waals surface area contributed by atoms with Crippen LogP contribution in [0.3, 0.4) is 0 Å². The first-order valence-electron chi connectivity index (χ1n) is 6.98. The van der Waals surface area contributed by atoms with Crippen molar-refractivity contribution in [3.8, 4) is 0 Å². The Morgan fingerprint density at radius 1 is 1.33 bits per heavy atom. The van der Waals surface area contributed by atoms with Gasteiger partial charge in [0.25, 0.3) is 0 Å². The van der Waals surface area contributed by atoms with E-state index in [1.165, 1.54) is 0 Å². The highest BCUT2D eigenvalue weighted by atomic mass is 16.7. The minimum absolute atomic E-state index is 0.00699. The zero-order valence-electron chi connectivity index (χ0n) is 12.0. The van der Waals surface area contributed by atoms with Crippen LogP contribution >= 0.6 is 0 Å². The maximum atomic E-state index is 11.9. The highest BCUT2D eigenvalue weighted by molar-refractivity contribution is 5.73. The first kappa shape index (κ1) is 15.4. The summed E-state index contributed by atoms with van der Waals surface area (Å²) >= 11 is 0. The van der Waals surface area contributed by atoms with Crippen LogP contribution in [-0.4, -0.2) is 31.6 Å². The van der Waals surface area contributed by atoms with Gasteiger partial charge in [0.15, 0.2) is 6.79 Å². The number of carbonyl (C=O) groups is 1. The largest absolute Gasteiger partial charge is 0.438 e. The van der Waals surface area contributed by atoms with Crippen molar-refractivity contribution in [2.24, 2.45) is 11.8 Å². The maximum absolute atomic E-state index is 11.9. The smallest absolute Gasteiger partial charge is 0.313 e. The summed E-state index contributed by atoms with van der Waals surface area (Å²) in [6, 6.07) is 0. The Labute approximate surface area is 110 Å². The quantitative estimate of drug-likeness (QED) is 0.400. The molecule has 106 valence electrons. The van der Waals surface area contributed by atoms with E-state index in [2.05, 4.69) is 20.8 Å². The van der Waals surface area contributed by atoms with Crippen molar-refractivity contribution in [1.82, 2.24) is 0 Å². The van der Waals surface area contributed by atoms with Gasteiger partial charge in [0, 0.05) is 0 Å². The molecule has 0 aliphatic carbocycles. The molecule has 1 rings (SSSR count). The van der Waals surface area contributed by atoms with Gasteiger partial charge in [-0.3, -0.25) is 4.79 Å². The van der Waals surface area contributed by atoms with E-state index in [9.17, 15) is 4.79 Å². The molecular formula is C14H26O4. The van der Waals surface area contributed by atoms with E-state index < -0.39 is 0 Å². The first-order valence-corrected chi connectivity index (χ1v) is 6.98. The lowest BCUT2D eigenvalue weighted by Gasteiger charge is -2.16. The molecule has 0 bridgehead atoms. The van der Waals surface area contributed by atoms with Gasteiger partial charge in [-0.2, -0.15) is 0 Å². The molecule has 1 saturated heterocycles. The minimum atomic E-state index is -0.179. The van der Waals surface area contributed by atoms with E-state index in [0.29, 0.717) is 12.5 Å². The maximum Gasteiger partial charge on any atom is 0.313 e. The summed E-state index contributed by atoms with van der Waals surface area (Å²) < 4.78 is 16.2. The van der Waals surface area contributed by atoms with Gasteiger partial charge >= 0.3 is 5.97 Å². The van der Waals surface area contributed by atoms with Gasteiger partial charge in [-0.1, -0.05) is 27.7 Å². The highest BCUT2D eigenvalue weighted by Gasteiger charge is 2.38. The van der Waals surface area contributed by atoms with Crippen LogP contribution in [0.5, 0.6) is 0 Å². The summed E-state index contributed by atoms with van der Waals surface area (Å²) in [6.45, 7) is 8.91. The highest BCUT2D eigenvalue weighted by Crippen LogP contribution is 2.31. The molecule has 4 heteroatoms. The van der Waals surface area contributed by atoms with Crippen molar-refractivity contribution >= 4 is 5.97 Å². The van der Waals surface area contributed by atoms with E-state index in [1.807, 2.05) is 6.92 Å². The number of hydrogen-bond acceptors (Lipinski definition) is 4. The molecule has 1 fully saturated rings. The lowest BCUT2D eigenvalue weighted by molar-refractivity contribution is -0.163. The van der Waals surface area contributed by atoms with E-state index in [0.717, 1.165) is 19.3 Å². The zero-order valence-corrected chi connectivity index (χ0v) is 12.0. The molecule has 0 N–H and O–H groups in total. The molecule has 0 amide bonds. The second-order valence-corrected chi connectivity index (χ2v) is 5.30. The number of ether oxygens (including phenoxy) is 3. The normalized spacial score (nSPS) is 27.7. The van der Waals surface area contributed by atoms with E-state index in [1.54, 1.807) is 0 Å². The first-order chi connectivity index (χ1) is 8.58. The molecule has 0 radical (unpaired) electrons. The van der Waals surface area contributed by atoms with Crippen LogP contribution in [0, 0.1) is 11.8 Å². The second-order valence-electron chi connectivity index (χ2n) is 5.30. The lowest BCUT2D eigenvalue weighted by atomic mass is 9.97. The molecule has 1 aliphatic rings. The predicted octanol–water partition coefficient (Wildman–Crippen LogP) is 2.75. The van der Waals surface area contributed by atoms with Gasteiger partial charge < -0.3 is 14.2 Å². The summed E-state index contributed by atoms with van der Waals surface area (Å²) in [5.74, 6) is 0.149. The molecule has 3 unspecified atom stereocenters. The van der Waals surface area contributed by atoms with Crippen LogP contribution in [0.15, 0.2) is 0 Å². The molecule has 18 heavy (non-hydrogen) atoms. The van der Waals surface area contributed by atoms with Gasteiger partial charge in [-0.25, -0.2) is 0 Å². The summed E-state index contributed by atoms with van der Waals surface area (Å²) in [5, 5.41) is 0. The summed E-state index contributed by atoms with van der Waals surface area (Å²) in [7, 11) is 0. The molecule has 0 aromatic carbocycles. The Bertz CT molecular complexity index is 252. The molecule has 0 spiro atoms. The SMILES string of the molecule is CCC1CC(C(=O)OCOCC(C)C)C(CC)O1. The van der Waals surface area contributed by atoms with Crippen molar-refractivity contribution in [3.63, 3.8) is 0 Å². The molecule has 4 nitrogen and oxygen atoms in total. The molecule has 0 saturated carbocycles. The minimum Gasteiger partial charge on any atom is -0.438 e. The van der Waals surface area contributed by atoms with Crippen molar-refractivity contribution in [3.05, 3.63) is 0 Å². The Kier molecular flexibility index (Phi) is 6.65.